The third-order valence-corrected chi connectivity index (χ3v) is 2.50. The van der Waals surface area contributed by atoms with Crippen molar-refractivity contribution in [2.75, 3.05) is 0 Å². The van der Waals surface area contributed by atoms with Gasteiger partial charge in [0.1, 0.15) is 0 Å². The lowest BCUT2D eigenvalue weighted by atomic mass is 9.78. The number of rotatable bonds is 2. The van der Waals surface area contributed by atoms with Crippen molar-refractivity contribution in [3.05, 3.63) is 48.2 Å². The van der Waals surface area contributed by atoms with Crippen LogP contribution in [0.1, 0.15) is 5.56 Å². The van der Waals surface area contributed by atoms with Crippen LogP contribution in [0.5, 0.6) is 0 Å². The second kappa shape index (κ2) is 4.47. The zero-order chi connectivity index (χ0) is 11.5. The highest BCUT2D eigenvalue weighted by Crippen LogP contribution is 2.16. The number of aromatic nitrogens is 1. The SMILES string of the molecule is Cc1cc(-c2ccccc2)ncc1B(O)O. The molecule has 1 aromatic carbocycles. The summed E-state index contributed by atoms with van der Waals surface area (Å²) in [6.07, 6.45) is 1.50. The van der Waals surface area contributed by atoms with E-state index in [-0.39, 0.29) is 0 Å². The van der Waals surface area contributed by atoms with E-state index in [4.69, 9.17) is 10.0 Å². The Labute approximate surface area is 94.6 Å². The second-order valence-electron chi connectivity index (χ2n) is 3.67. The van der Waals surface area contributed by atoms with Crippen LogP contribution in [0.3, 0.4) is 0 Å². The van der Waals surface area contributed by atoms with Gasteiger partial charge in [0.15, 0.2) is 0 Å². The predicted octanol–water partition coefficient (Wildman–Crippen LogP) is 0.737. The van der Waals surface area contributed by atoms with Crippen LogP contribution in [0.25, 0.3) is 11.3 Å². The van der Waals surface area contributed by atoms with Gasteiger partial charge >= 0.3 is 7.12 Å². The number of hydrogen-bond acceptors (Lipinski definition) is 3. The van der Waals surface area contributed by atoms with Gasteiger partial charge in [0.2, 0.25) is 0 Å². The van der Waals surface area contributed by atoms with Crippen molar-refractivity contribution in [2.45, 2.75) is 6.92 Å². The Morgan fingerprint density at radius 1 is 1.12 bits per heavy atom. The molecule has 2 N–H and O–H groups in total. The van der Waals surface area contributed by atoms with E-state index in [9.17, 15) is 0 Å². The molecule has 0 amide bonds. The molecule has 0 saturated carbocycles. The van der Waals surface area contributed by atoms with Gasteiger partial charge in [-0.15, -0.1) is 0 Å². The summed E-state index contributed by atoms with van der Waals surface area (Å²) in [4.78, 5) is 4.21. The van der Waals surface area contributed by atoms with Crippen molar-refractivity contribution in [1.82, 2.24) is 4.98 Å². The average molecular weight is 213 g/mol. The molecular formula is C12H12BNO2. The average Bonchev–Trinajstić information content (AvgIpc) is 2.29. The molecule has 0 aliphatic rings. The standard InChI is InChI=1S/C12H12BNO2/c1-9-7-12(10-5-3-2-4-6-10)14-8-11(9)13(15)16/h2-8,15-16H,1H3. The van der Waals surface area contributed by atoms with E-state index in [1.165, 1.54) is 6.20 Å². The monoisotopic (exact) mass is 213 g/mol. The Morgan fingerprint density at radius 3 is 2.38 bits per heavy atom. The number of benzene rings is 1. The van der Waals surface area contributed by atoms with Gasteiger partial charge in [-0.1, -0.05) is 30.3 Å². The maximum Gasteiger partial charge on any atom is 0.490 e. The van der Waals surface area contributed by atoms with Crippen molar-refractivity contribution < 1.29 is 10.0 Å². The molecule has 16 heavy (non-hydrogen) atoms. The topological polar surface area (TPSA) is 53.4 Å². The molecule has 1 heterocycles. The van der Waals surface area contributed by atoms with Gasteiger partial charge in [-0.2, -0.15) is 0 Å². The minimum Gasteiger partial charge on any atom is -0.423 e. The molecule has 4 heteroatoms. The normalized spacial score (nSPS) is 10.2. The van der Waals surface area contributed by atoms with Crippen LogP contribution < -0.4 is 5.46 Å². The Kier molecular flexibility index (Phi) is 3.03. The molecule has 2 aromatic rings. The molecular weight excluding hydrogens is 201 g/mol. The molecule has 2 rings (SSSR count). The molecule has 0 spiro atoms. The highest BCUT2D eigenvalue weighted by atomic mass is 16.4. The molecule has 1 aromatic heterocycles. The summed E-state index contributed by atoms with van der Waals surface area (Å²) >= 11 is 0. The van der Waals surface area contributed by atoms with Crippen molar-refractivity contribution >= 4 is 12.6 Å². The van der Waals surface area contributed by atoms with Crippen LogP contribution in [0.4, 0.5) is 0 Å². The lowest BCUT2D eigenvalue weighted by Crippen LogP contribution is -2.32. The number of hydrogen-bond donors (Lipinski definition) is 2. The maximum atomic E-state index is 9.08. The zero-order valence-electron chi connectivity index (χ0n) is 8.96. The van der Waals surface area contributed by atoms with E-state index >= 15 is 0 Å². The van der Waals surface area contributed by atoms with Gasteiger partial charge < -0.3 is 10.0 Å². The second-order valence-corrected chi connectivity index (χ2v) is 3.67. The fourth-order valence-electron chi connectivity index (χ4n) is 1.60. The van der Waals surface area contributed by atoms with Crippen LogP contribution in [0.15, 0.2) is 42.6 Å². The summed E-state index contributed by atoms with van der Waals surface area (Å²) in [7, 11) is -1.46. The molecule has 0 bridgehead atoms. The highest BCUT2D eigenvalue weighted by Gasteiger charge is 2.14. The van der Waals surface area contributed by atoms with Gasteiger partial charge in [-0.05, 0) is 18.6 Å². The molecule has 0 atom stereocenters. The van der Waals surface area contributed by atoms with Crippen molar-refractivity contribution in [2.24, 2.45) is 0 Å². The van der Waals surface area contributed by atoms with E-state index in [1.54, 1.807) is 0 Å². The fourth-order valence-corrected chi connectivity index (χ4v) is 1.60. The summed E-state index contributed by atoms with van der Waals surface area (Å²) in [5.41, 5.74) is 3.12. The Bertz CT molecular complexity index is 486. The fraction of sp³-hybridized carbons (Fsp3) is 0.0833. The van der Waals surface area contributed by atoms with Gasteiger partial charge in [0.25, 0.3) is 0 Å². The summed E-state index contributed by atoms with van der Waals surface area (Å²) in [5.74, 6) is 0. The lowest BCUT2D eigenvalue weighted by molar-refractivity contribution is 0.425. The first-order chi connectivity index (χ1) is 7.68. The van der Waals surface area contributed by atoms with Crippen LogP contribution in [-0.4, -0.2) is 22.2 Å². The van der Waals surface area contributed by atoms with Crippen molar-refractivity contribution in [3.8, 4) is 11.3 Å². The largest absolute Gasteiger partial charge is 0.490 e. The molecule has 0 fully saturated rings. The smallest absolute Gasteiger partial charge is 0.423 e. The van der Waals surface area contributed by atoms with Crippen LogP contribution in [-0.2, 0) is 0 Å². The molecule has 0 unspecified atom stereocenters. The quantitative estimate of drug-likeness (QED) is 0.723. The third kappa shape index (κ3) is 2.13. The van der Waals surface area contributed by atoms with E-state index in [0.717, 1.165) is 16.8 Å². The lowest BCUT2D eigenvalue weighted by Gasteiger charge is -2.06. The van der Waals surface area contributed by atoms with E-state index in [1.807, 2.05) is 43.3 Å². The third-order valence-electron chi connectivity index (χ3n) is 2.50. The molecule has 80 valence electrons. The van der Waals surface area contributed by atoms with E-state index in [2.05, 4.69) is 4.98 Å². The first-order valence-corrected chi connectivity index (χ1v) is 5.06. The van der Waals surface area contributed by atoms with Crippen LogP contribution >= 0.6 is 0 Å². The van der Waals surface area contributed by atoms with Gasteiger partial charge in [0, 0.05) is 17.2 Å². The summed E-state index contributed by atoms with van der Waals surface area (Å²) < 4.78 is 0. The first kappa shape index (κ1) is 10.9. The zero-order valence-corrected chi connectivity index (χ0v) is 8.96. The molecule has 0 aliphatic heterocycles. The van der Waals surface area contributed by atoms with Crippen LogP contribution in [0.2, 0.25) is 0 Å². The Hall–Kier alpha value is -1.65. The van der Waals surface area contributed by atoms with Crippen LogP contribution in [0, 0.1) is 6.92 Å². The minimum atomic E-state index is -1.46. The molecule has 0 aliphatic carbocycles. The molecule has 0 saturated heterocycles. The van der Waals surface area contributed by atoms with E-state index in [0.29, 0.717) is 5.46 Å². The minimum absolute atomic E-state index is 0.444. The number of nitrogens with zero attached hydrogens (tertiary/aromatic N) is 1. The predicted molar refractivity (Wildman–Crippen MR) is 64.2 cm³/mol. The van der Waals surface area contributed by atoms with Crippen molar-refractivity contribution in [3.63, 3.8) is 0 Å². The maximum absolute atomic E-state index is 9.08. The van der Waals surface area contributed by atoms with Gasteiger partial charge in [0.05, 0.1) is 5.69 Å². The Morgan fingerprint density at radius 2 is 1.81 bits per heavy atom. The van der Waals surface area contributed by atoms with Gasteiger partial charge in [-0.3, -0.25) is 4.98 Å². The first-order valence-electron chi connectivity index (χ1n) is 5.06. The summed E-state index contributed by atoms with van der Waals surface area (Å²) in [6.45, 7) is 1.84. The van der Waals surface area contributed by atoms with Gasteiger partial charge in [-0.25, -0.2) is 0 Å². The Balaban J connectivity index is 2.43. The number of aryl methyl sites for hydroxylation is 1. The van der Waals surface area contributed by atoms with Crippen molar-refractivity contribution in [1.29, 1.82) is 0 Å². The molecule has 0 radical (unpaired) electrons. The molecule has 3 nitrogen and oxygen atoms in total. The summed E-state index contributed by atoms with van der Waals surface area (Å²) in [6, 6.07) is 11.6. The van der Waals surface area contributed by atoms with E-state index < -0.39 is 7.12 Å². The number of pyridine rings is 1. The summed E-state index contributed by atoms with van der Waals surface area (Å²) in [5, 5.41) is 18.2. The highest BCUT2D eigenvalue weighted by molar-refractivity contribution is 6.59.